The van der Waals surface area contributed by atoms with E-state index in [9.17, 15) is 0 Å². The van der Waals surface area contributed by atoms with Gasteiger partial charge in [0.2, 0.25) is 0 Å². The van der Waals surface area contributed by atoms with Crippen molar-refractivity contribution >= 4 is 0 Å². The van der Waals surface area contributed by atoms with Crippen LogP contribution in [0.4, 0.5) is 0 Å². The largest absolute Gasteiger partial charge is 0.335 e. The third kappa shape index (κ3) is 7.95. The van der Waals surface area contributed by atoms with E-state index in [1.54, 1.807) is 14.2 Å². The molecule has 0 rings (SSSR count). The molecule has 0 radical (unpaired) electrons. The van der Waals surface area contributed by atoms with E-state index in [1.165, 1.54) is 0 Å². The topological polar surface area (TPSA) is 18.5 Å². The number of allylic oxidation sites excluding steroid dienone is 1. The number of rotatable bonds is 4. The van der Waals surface area contributed by atoms with Crippen LogP contribution in [0.5, 0.6) is 0 Å². The Morgan fingerprint density at radius 3 is 2.29 bits per heavy atom. The molecule has 0 aromatic rings. The number of quaternary nitrogens is 1. The third-order valence-corrected chi connectivity index (χ3v) is 1.55. The SMILES string of the molecule is C=C=C=C=C=C=[C-]C#C[N+](C)(COC)COC. The Labute approximate surface area is 103 Å². The molecule has 0 amide bonds. The minimum atomic E-state index is 0.313. The molecule has 17 heavy (non-hydrogen) atoms. The zero-order chi connectivity index (χ0) is 13.0. The van der Waals surface area contributed by atoms with Crippen molar-refractivity contribution < 1.29 is 14.0 Å². The van der Waals surface area contributed by atoms with Gasteiger partial charge in [-0.15, -0.1) is 0 Å². The van der Waals surface area contributed by atoms with Crippen molar-refractivity contribution in [3.63, 3.8) is 0 Å². The third-order valence-electron chi connectivity index (χ3n) is 1.55. The van der Waals surface area contributed by atoms with Gasteiger partial charge in [0, 0.05) is 14.2 Å². The predicted molar refractivity (Wildman–Crippen MR) is 64.1 cm³/mol. The van der Waals surface area contributed by atoms with Gasteiger partial charge in [-0.2, -0.15) is 11.7 Å². The maximum atomic E-state index is 5.06. The number of methoxy groups -OCH3 is 2. The second kappa shape index (κ2) is 9.32. The van der Waals surface area contributed by atoms with Crippen molar-refractivity contribution in [3.05, 3.63) is 41.3 Å². The summed E-state index contributed by atoms with van der Waals surface area (Å²) in [7, 11) is 5.12. The van der Waals surface area contributed by atoms with Crippen LogP contribution in [0.25, 0.3) is 0 Å². The van der Waals surface area contributed by atoms with Gasteiger partial charge in [0.25, 0.3) is 0 Å². The highest BCUT2D eigenvalue weighted by Crippen LogP contribution is 1.99. The van der Waals surface area contributed by atoms with Gasteiger partial charge in [0.1, 0.15) is 0 Å². The second-order valence-electron chi connectivity index (χ2n) is 3.27. The quantitative estimate of drug-likeness (QED) is 0.238. The Balaban J connectivity index is 4.86. The van der Waals surface area contributed by atoms with Crippen LogP contribution >= 0.6 is 0 Å². The van der Waals surface area contributed by atoms with Crippen LogP contribution in [-0.4, -0.2) is 39.2 Å². The minimum absolute atomic E-state index is 0.313. The zero-order valence-electron chi connectivity index (χ0n) is 10.4. The second-order valence-corrected chi connectivity index (χ2v) is 3.27. The summed E-state index contributed by atoms with van der Waals surface area (Å²) in [5, 5.41) is 0. The van der Waals surface area contributed by atoms with Gasteiger partial charge in [0.15, 0.2) is 13.5 Å². The first-order valence-corrected chi connectivity index (χ1v) is 4.80. The van der Waals surface area contributed by atoms with E-state index in [0.29, 0.717) is 17.9 Å². The predicted octanol–water partition coefficient (Wildman–Crippen LogP) is 1.37. The molecule has 0 bridgehead atoms. The van der Waals surface area contributed by atoms with Crippen LogP contribution in [-0.2, 0) is 9.47 Å². The average Bonchev–Trinajstić information content (AvgIpc) is 2.28. The molecule has 0 aliphatic rings. The lowest BCUT2D eigenvalue weighted by atomic mass is 10.5. The monoisotopic (exact) mass is 229 g/mol. The summed E-state index contributed by atoms with van der Waals surface area (Å²) in [6, 6.07) is 2.94. The Hall–Kier alpha value is -1.92. The van der Waals surface area contributed by atoms with Gasteiger partial charge >= 0.3 is 0 Å². The molecule has 88 valence electrons. The highest BCUT2D eigenvalue weighted by molar-refractivity contribution is 5.04. The summed E-state index contributed by atoms with van der Waals surface area (Å²) in [4.78, 5) is 0. The van der Waals surface area contributed by atoms with E-state index in [0.717, 1.165) is 0 Å². The molecule has 0 aliphatic heterocycles. The van der Waals surface area contributed by atoms with Crippen molar-refractivity contribution in [3.8, 4) is 12.0 Å². The molecular weight excluding hydrogens is 214 g/mol. The number of hydrogen-bond acceptors (Lipinski definition) is 2. The fraction of sp³-hybridized carbons (Fsp3) is 0.357. The standard InChI is InChI=1S/C14H15NO2/c1-5-6-7-8-9-10-11-12-15(2,13-16-3)14-17-4/h1,13-14H2,2-4H3. The highest BCUT2D eigenvalue weighted by Gasteiger charge is 2.13. The summed E-state index contributed by atoms with van der Waals surface area (Å²) in [5.41, 5.74) is 12.5. The van der Waals surface area contributed by atoms with E-state index >= 15 is 0 Å². The molecule has 0 saturated carbocycles. The molecule has 3 heteroatoms. The highest BCUT2D eigenvalue weighted by atomic mass is 16.5. The van der Waals surface area contributed by atoms with Gasteiger partial charge in [0.05, 0.1) is 7.05 Å². The molecule has 0 aromatic carbocycles. The molecule has 0 atom stereocenters. The molecule has 3 nitrogen and oxygen atoms in total. The summed E-state index contributed by atoms with van der Waals surface area (Å²) in [6.07, 6.45) is 2.62. The fourth-order valence-electron chi connectivity index (χ4n) is 1.00. The van der Waals surface area contributed by atoms with Crippen LogP contribution < -0.4 is 0 Å². The van der Waals surface area contributed by atoms with Crippen molar-refractivity contribution in [1.82, 2.24) is 0 Å². The van der Waals surface area contributed by atoms with Crippen LogP contribution in [0.2, 0.25) is 0 Å². The van der Waals surface area contributed by atoms with Crippen LogP contribution in [0.3, 0.4) is 0 Å². The lowest BCUT2D eigenvalue weighted by Crippen LogP contribution is -2.42. The average molecular weight is 229 g/mol. The van der Waals surface area contributed by atoms with Crippen molar-refractivity contribution in [2.24, 2.45) is 0 Å². The van der Waals surface area contributed by atoms with Crippen molar-refractivity contribution in [1.29, 1.82) is 0 Å². The molecule has 0 aromatic heterocycles. The molecule has 0 spiro atoms. The maximum Gasteiger partial charge on any atom is 0.186 e. The Morgan fingerprint density at radius 1 is 1.12 bits per heavy atom. The Kier molecular flexibility index (Phi) is 8.26. The van der Waals surface area contributed by atoms with Gasteiger partial charge in [-0.05, 0) is 18.4 Å². The van der Waals surface area contributed by atoms with Crippen LogP contribution in [0, 0.1) is 18.0 Å². The van der Waals surface area contributed by atoms with Gasteiger partial charge in [-0.3, -0.25) is 4.48 Å². The molecule has 0 fully saturated rings. The van der Waals surface area contributed by atoms with Crippen LogP contribution in [0.1, 0.15) is 0 Å². The van der Waals surface area contributed by atoms with Gasteiger partial charge < -0.3 is 9.47 Å². The van der Waals surface area contributed by atoms with Gasteiger partial charge in [-0.25, -0.2) is 5.73 Å². The maximum absolute atomic E-state index is 5.06. The fourth-order valence-corrected chi connectivity index (χ4v) is 1.00. The smallest absolute Gasteiger partial charge is 0.186 e. The zero-order valence-corrected chi connectivity index (χ0v) is 10.4. The van der Waals surface area contributed by atoms with E-state index in [1.807, 2.05) is 7.05 Å². The summed E-state index contributed by atoms with van der Waals surface area (Å²) >= 11 is 0. The van der Waals surface area contributed by atoms with E-state index in [2.05, 4.69) is 53.3 Å². The number of ether oxygens (including phenoxy) is 2. The summed E-state index contributed by atoms with van der Waals surface area (Å²) in [6.45, 7) is 4.19. The van der Waals surface area contributed by atoms with E-state index in [4.69, 9.17) is 9.47 Å². The summed E-state index contributed by atoms with van der Waals surface area (Å²) < 4.78 is 10.4. The lowest BCUT2D eigenvalue weighted by Gasteiger charge is -2.28. The molecule has 0 unspecified atom stereocenters. The molecule has 0 saturated heterocycles. The normalized spacial score (nSPS) is 8.41. The van der Waals surface area contributed by atoms with Crippen LogP contribution in [0.15, 0.2) is 35.2 Å². The number of hydrogen-bond donors (Lipinski definition) is 0. The van der Waals surface area contributed by atoms with Crippen molar-refractivity contribution in [2.45, 2.75) is 0 Å². The van der Waals surface area contributed by atoms with Crippen molar-refractivity contribution in [2.75, 3.05) is 34.7 Å². The Bertz CT molecular complexity index is 472. The molecule has 0 heterocycles. The Morgan fingerprint density at radius 2 is 1.76 bits per heavy atom. The molecule has 0 N–H and O–H groups in total. The molecular formula is C14H15NO2. The lowest BCUT2D eigenvalue weighted by molar-refractivity contribution is -0.883. The summed E-state index contributed by atoms with van der Waals surface area (Å²) in [5.74, 6) is 2.71. The van der Waals surface area contributed by atoms with Gasteiger partial charge in [-0.1, -0.05) is 17.5 Å². The first-order valence-electron chi connectivity index (χ1n) is 4.80. The van der Waals surface area contributed by atoms with E-state index < -0.39 is 0 Å². The first-order chi connectivity index (χ1) is 8.18. The molecule has 0 aliphatic carbocycles. The van der Waals surface area contributed by atoms with E-state index in [-0.39, 0.29) is 0 Å². The first kappa shape index (κ1) is 15.1. The number of nitrogens with zero attached hydrogens (tertiary/aromatic N) is 1. The minimum Gasteiger partial charge on any atom is -0.335 e.